The number of hydrogen-bond donors (Lipinski definition) is 1. The molecule has 3 nitrogen and oxygen atoms in total. The van der Waals surface area contributed by atoms with E-state index in [-0.39, 0.29) is 12.1 Å². The zero-order valence-corrected chi connectivity index (χ0v) is 10.7. The Bertz CT molecular complexity index is 304. The van der Waals surface area contributed by atoms with Gasteiger partial charge in [-0.2, -0.15) is 0 Å². The van der Waals surface area contributed by atoms with Crippen molar-refractivity contribution in [1.29, 1.82) is 0 Å². The van der Waals surface area contributed by atoms with Gasteiger partial charge in [-0.15, -0.1) is 0 Å². The summed E-state index contributed by atoms with van der Waals surface area (Å²) in [6.07, 6.45) is 3.79. The standard InChI is InChI=1S/C11H17BrN2O/c1-8(13)3-4-9(2)15-11-7-10(12)5-6-14-11/h5-9H,3-4,13H2,1-2H3/t8-,9+/m1/s1. The maximum Gasteiger partial charge on any atom is 0.214 e. The Hall–Kier alpha value is -0.610. The summed E-state index contributed by atoms with van der Waals surface area (Å²) < 4.78 is 6.63. The lowest BCUT2D eigenvalue weighted by atomic mass is 10.1. The lowest BCUT2D eigenvalue weighted by Gasteiger charge is -2.14. The van der Waals surface area contributed by atoms with E-state index >= 15 is 0 Å². The molecule has 0 aliphatic rings. The van der Waals surface area contributed by atoms with Gasteiger partial charge >= 0.3 is 0 Å². The van der Waals surface area contributed by atoms with Crippen molar-refractivity contribution in [3.05, 3.63) is 22.8 Å². The van der Waals surface area contributed by atoms with Gasteiger partial charge in [0, 0.05) is 22.8 Å². The van der Waals surface area contributed by atoms with Crippen LogP contribution in [0.2, 0.25) is 0 Å². The number of aromatic nitrogens is 1. The lowest BCUT2D eigenvalue weighted by Crippen LogP contribution is -2.20. The monoisotopic (exact) mass is 272 g/mol. The van der Waals surface area contributed by atoms with E-state index in [1.165, 1.54) is 0 Å². The minimum absolute atomic E-state index is 0.151. The molecule has 0 aliphatic heterocycles. The highest BCUT2D eigenvalue weighted by molar-refractivity contribution is 9.10. The molecule has 1 rings (SSSR count). The summed E-state index contributed by atoms with van der Waals surface area (Å²) in [7, 11) is 0. The molecule has 84 valence electrons. The van der Waals surface area contributed by atoms with Gasteiger partial charge in [-0.05, 0) is 32.8 Å². The molecule has 0 aromatic carbocycles. The van der Waals surface area contributed by atoms with Crippen molar-refractivity contribution in [3.63, 3.8) is 0 Å². The van der Waals surface area contributed by atoms with Gasteiger partial charge in [-0.1, -0.05) is 15.9 Å². The van der Waals surface area contributed by atoms with Gasteiger partial charge in [0.05, 0.1) is 6.10 Å². The second-order valence-corrected chi connectivity index (χ2v) is 4.71. The molecular weight excluding hydrogens is 256 g/mol. The smallest absolute Gasteiger partial charge is 0.214 e. The highest BCUT2D eigenvalue weighted by Gasteiger charge is 2.06. The fourth-order valence-electron chi connectivity index (χ4n) is 1.21. The number of halogens is 1. The minimum atomic E-state index is 0.151. The molecule has 1 aromatic heterocycles. The maximum atomic E-state index is 5.68. The van der Waals surface area contributed by atoms with Crippen LogP contribution in [0.5, 0.6) is 5.88 Å². The molecule has 2 atom stereocenters. The van der Waals surface area contributed by atoms with E-state index in [0.29, 0.717) is 5.88 Å². The van der Waals surface area contributed by atoms with E-state index in [4.69, 9.17) is 10.5 Å². The summed E-state index contributed by atoms with van der Waals surface area (Å²) in [6, 6.07) is 3.97. The highest BCUT2D eigenvalue weighted by atomic mass is 79.9. The van der Waals surface area contributed by atoms with E-state index in [1.54, 1.807) is 6.20 Å². The Balaban J connectivity index is 2.40. The SMILES string of the molecule is C[C@@H](N)CC[C@H](C)Oc1cc(Br)ccn1. The second kappa shape index (κ2) is 6.08. The Morgan fingerprint density at radius 1 is 1.47 bits per heavy atom. The van der Waals surface area contributed by atoms with Gasteiger partial charge in [0.15, 0.2) is 0 Å². The quantitative estimate of drug-likeness (QED) is 0.897. The van der Waals surface area contributed by atoms with Crippen molar-refractivity contribution in [3.8, 4) is 5.88 Å². The number of pyridine rings is 1. The Labute approximate surface area is 99.2 Å². The minimum Gasteiger partial charge on any atom is -0.475 e. The lowest BCUT2D eigenvalue weighted by molar-refractivity contribution is 0.197. The van der Waals surface area contributed by atoms with E-state index in [1.807, 2.05) is 26.0 Å². The Morgan fingerprint density at radius 2 is 2.20 bits per heavy atom. The predicted octanol–water partition coefficient (Wildman–Crippen LogP) is 2.74. The zero-order valence-electron chi connectivity index (χ0n) is 9.11. The molecule has 0 radical (unpaired) electrons. The topological polar surface area (TPSA) is 48.1 Å². The van der Waals surface area contributed by atoms with E-state index in [2.05, 4.69) is 20.9 Å². The molecular formula is C11H17BrN2O. The molecule has 0 aliphatic carbocycles. The average Bonchev–Trinajstić information content (AvgIpc) is 2.15. The average molecular weight is 273 g/mol. The number of rotatable bonds is 5. The van der Waals surface area contributed by atoms with Crippen LogP contribution in [0.3, 0.4) is 0 Å². The third kappa shape index (κ3) is 5.14. The van der Waals surface area contributed by atoms with E-state index in [0.717, 1.165) is 17.3 Å². The van der Waals surface area contributed by atoms with Crippen molar-refractivity contribution < 1.29 is 4.74 Å². The largest absolute Gasteiger partial charge is 0.475 e. The molecule has 0 amide bonds. The summed E-state index contributed by atoms with van der Waals surface area (Å²) in [6.45, 7) is 4.04. The first-order chi connectivity index (χ1) is 7.08. The molecule has 15 heavy (non-hydrogen) atoms. The molecule has 1 aromatic rings. The summed E-state index contributed by atoms with van der Waals surface area (Å²) in [4.78, 5) is 4.12. The molecule has 2 N–H and O–H groups in total. The van der Waals surface area contributed by atoms with Gasteiger partial charge < -0.3 is 10.5 Å². The third-order valence-electron chi connectivity index (χ3n) is 2.05. The van der Waals surface area contributed by atoms with Crippen molar-refractivity contribution in [1.82, 2.24) is 4.98 Å². The molecule has 0 saturated carbocycles. The first-order valence-electron chi connectivity index (χ1n) is 5.11. The summed E-state index contributed by atoms with van der Waals surface area (Å²) >= 11 is 3.37. The van der Waals surface area contributed by atoms with Crippen LogP contribution in [-0.2, 0) is 0 Å². The van der Waals surface area contributed by atoms with E-state index in [9.17, 15) is 0 Å². The summed E-state index contributed by atoms with van der Waals surface area (Å²) in [5, 5.41) is 0. The molecule has 0 bridgehead atoms. The van der Waals surface area contributed by atoms with Crippen LogP contribution in [0.1, 0.15) is 26.7 Å². The molecule has 1 heterocycles. The molecule has 0 unspecified atom stereocenters. The zero-order chi connectivity index (χ0) is 11.3. The van der Waals surface area contributed by atoms with Crippen molar-refractivity contribution in [2.24, 2.45) is 5.73 Å². The van der Waals surface area contributed by atoms with Gasteiger partial charge in [0.1, 0.15) is 0 Å². The van der Waals surface area contributed by atoms with Gasteiger partial charge in [0.25, 0.3) is 0 Å². The van der Waals surface area contributed by atoms with Crippen LogP contribution in [0.25, 0.3) is 0 Å². The first-order valence-corrected chi connectivity index (χ1v) is 5.91. The highest BCUT2D eigenvalue weighted by Crippen LogP contribution is 2.16. The fraction of sp³-hybridized carbons (Fsp3) is 0.545. The van der Waals surface area contributed by atoms with Gasteiger partial charge in [-0.3, -0.25) is 0 Å². The summed E-state index contributed by atoms with van der Waals surface area (Å²) in [5.74, 6) is 0.654. The van der Waals surface area contributed by atoms with Crippen LogP contribution in [0.4, 0.5) is 0 Å². The Kier molecular flexibility index (Phi) is 5.05. The Morgan fingerprint density at radius 3 is 2.80 bits per heavy atom. The fourth-order valence-corrected chi connectivity index (χ4v) is 1.53. The van der Waals surface area contributed by atoms with Crippen LogP contribution < -0.4 is 10.5 Å². The van der Waals surface area contributed by atoms with Gasteiger partial charge in [-0.25, -0.2) is 4.98 Å². The van der Waals surface area contributed by atoms with Gasteiger partial charge in [0.2, 0.25) is 5.88 Å². The third-order valence-corrected chi connectivity index (χ3v) is 2.54. The van der Waals surface area contributed by atoms with Crippen molar-refractivity contribution in [2.45, 2.75) is 38.8 Å². The molecule has 0 fully saturated rings. The molecule has 0 saturated heterocycles. The van der Waals surface area contributed by atoms with E-state index < -0.39 is 0 Å². The maximum absolute atomic E-state index is 5.68. The normalized spacial score (nSPS) is 14.7. The van der Waals surface area contributed by atoms with Crippen LogP contribution in [-0.4, -0.2) is 17.1 Å². The predicted molar refractivity (Wildman–Crippen MR) is 64.9 cm³/mol. The molecule has 0 spiro atoms. The van der Waals surface area contributed by atoms with Crippen molar-refractivity contribution in [2.75, 3.05) is 0 Å². The number of nitrogens with two attached hydrogens (primary N) is 1. The number of nitrogens with zero attached hydrogens (tertiary/aromatic N) is 1. The first kappa shape index (κ1) is 12.5. The van der Waals surface area contributed by atoms with Crippen LogP contribution in [0, 0.1) is 0 Å². The number of ether oxygens (including phenoxy) is 1. The second-order valence-electron chi connectivity index (χ2n) is 3.80. The number of hydrogen-bond acceptors (Lipinski definition) is 3. The van der Waals surface area contributed by atoms with Crippen molar-refractivity contribution >= 4 is 15.9 Å². The molecule has 4 heteroatoms. The van der Waals surface area contributed by atoms with Crippen LogP contribution >= 0.6 is 15.9 Å². The summed E-state index contributed by atoms with van der Waals surface area (Å²) in [5.41, 5.74) is 5.68. The van der Waals surface area contributed by atoms with Crippen LogP contribution in [0.15, 0.2) is 22.8 Å².